The van der Waals surface area contributed by atoms with Crippen LogP contribution < -0.4 is 15.6 Å². The molecule has 0 aliphatic carbocycles. The van der Waals surface area contributed by atoms with Crippen LogP contribution in [0.25, 0.3) is 22.3 Å². The molecule has 38 heavy (non-hydrogen) atoms. The molecule has 2 aliphatic rings. The largest absolute Gasteiger partial charge is 0.458 e. The van der Waals surface area contributed by atoms with Crippen LogP contribution >= 0.6 is 0 Å². The molecule has 1 aromatic carbocycles. The van der Waals surface area contributed by atoms with Gasteiger partial charge in [0.1, 0.15) is 12.4 Å². The average Bonchev–Trinajstić information content (AvgIpc) is 3.26. The highest BCUT2D eigenvalue weighted by Gasteiger charge is 2.45. The van der Waals surface area contributed by atoms with E-state index in [1.54, 1.807) is 35.8 Å². The number of benzene rings is 1. The number of hydrogen-bond acceptors (Lipinski definition) is 8. The molecule has 3 aromatic rings. The van der Waals surface area contributed by atoms with Crippen molar-refractivity contribution in [1.29, 1.82) is 0 Å². The summed E-state index contributed by atoms with van der Waals surface area (Å²) in [7, 11) is 3.88. The van der Waals surface area contributed by atoms with Gasteiger partial charge in [0, 0.05) is 29.1 Å². The van der Waals surface area contributed by atoms with Gasteiger partial charge in [-0.15, -0.1) is 0 Å². The lowest BCUT2D eigenvalue weighted by molar-refractivity contribution is -0.172. The van der Waals surface area contributed by atoms with Crippen LogP contribution in [0.1, 0.15) is 49.4 Å². The second kappa shape index (κ2) is 9.52. The monoisotopic (exact) mass is 520 g/mol. The second-order valence-electron chi connectivity index (χ2n) is 10.1. The smallest absolute Gasteiger partial charge is 0.412 e. The molecule has 0 saturated carbocycles. The number of esters is 1. The molecule has 2 N–H and O–H groups in total. The molecule has 0 saturated heterocycles. The highest BCUT2D eigenvalue weighted by Crippen LogP contribution is 2.40. The number of cyclic esters (lactones) is 1. The van der Waals surface area contributed by atoms with Crippen molar-refractivity contribution in [2.45, 2.75) is 58.4 Å². The molecule has 4 heterocycles. The summed E-state index contributed by atoms with van der Waals surface area (Å²) < 4.78 is 12.3. The third-order valence-electron chi connectivity index (χ3n) is 7.76. The Morgan fingerprint density at radius 2 is 2.03 bits per heavy atom. The molecule has 1 unspecified atom stereocenters. The van der Waals surface area contributed by atoms with Crippen molar-refractivity contribution in [3.63, 3.8) is 0 Å². The zero-order chi connectivity index (χ0) is 27.4. The number of ether oxygens (including phenoxy) is 2. The number of carbonyl (C=O) groups excluding carboxylic acids is 2. The molecule has 0 fully saturated rings. The Labute approximate surface area is 220 Å². The van der Waals surface area contributed by atoms with Crippen LogP contribution in [0.2, 0.25) is 0 Å². The molecule has 10 heteroatoms. The van der Waals surface area contributed by atoms with Crippen molar-refractivity contribution in [2.24, 2.45) is 0 Å². The number of nitrogens with zero attached hydrogens (tertiary/aromatic N) is 3. The third kappa shape index (κ3) is 4.04. The summed E-state index contributed by atoms with van der Waals surface area (Å²) in [5.41, 5.74) is 2.22. The van der Waals surface area contributed by atoms with Crippen LogP contribution in [0, 0.1) is 0 Å². The standard InChI is InChI=1S/C28H32N4O6/c1-6-17-18-10-16(38-27(35)29-12-15(3)31(4)5)8-9-22(18)30-24-19(17)13-32-23(24)11-21-20(25(32)33)14-37-26(34)28(21,36)7-2/h8-11,15,36H,6-7,12-14H2,1-5H3,(H,29,35)/t15?,28-/m0/s1. The van der Waals surface area contributed by atoms with E-state index in [0.29, 0.717) is 53.3 Å². The summed E-state index contributed by atoms with van der Waals surface area (Å²) >= 11 is 0. The number of carbonyl (C=O) groups is 2. The predicted molar refractivity (Wildman–Crippen MR) is 141 cm³/mol. The number of aryl methyl sites for hydroxylation is 1. The number of aliphatic hydroxyl groups is 1. The van der Waals surface area contributed by atoms with E-state index < -0.39 is 17.7 Å². The number of rotatable bonds is 6. The van der Waals surface area contributed by atoms with Crippen molar-refractivity contribution >= 4 is 23.0 Å². The van der Waals surface area contributed by atoms with Gasteiger partial charge in [-0.1, -0.05) is 13.8 Å². The maximum absolute atomic E-state index is 13.5. The quantitative estimate of drug-likeness (QED) is 0.372. The molecule has 1 amide bonds. The molecule has 2 atom stereocenters. The first kappa shape index (κ1) is 25.9. The SMILES string of the molecule is CCc1c2c(nc3ccc(OC(=O)NCC(C)N(C)C)cc13)-c1cc3c(c(=O)n1C2)COC(=O)[C@]3(O)CC. The van der Waals surface area contributed by atoms with Gasteiger partial charge >= 0.3 is 12.1 Å². The molecule has 200 valence electrons. The van der Waals surface area contributed by atoms with E-state index in [-0.39, 0.29) is 24.6 Å². The van der Waals surface area contributed by atoms with Crippen LogP contribution in [0.4, 0.5) is 4.79 Å². The fourth-order valence-electron chi connectivity index (χ4n) is 5.16. The lowest BCUT2D eigenvalue weighted by atomic mass is 9.86. The van der Waals surface area contributed by atoms with Gasteiger partial charge in [0.25, 0.3) is 5.56 Å². The van der Waals surface area contributed by atoms with E-state index in [2.05, 4.69) is 5.32 Å². The van der Waals surface area contributed by atoms with Gasteiger partial charge in [0.05, 0.1) is 29.0 Å². The summed E-state index contributed by atoms with van der Waals surface area (Å²) in [5.74, 6) is -0.348. The number of nitrogens with one attached hydrogen (secondary N) is 1. The fraction of sp³-hybridized carbons (Fsp3) is 0.429. The highest BCUT2D eigenvalue weighted by molar-refractivity contribution is 5.90. The summed E-state index contributed by atoms with van der Waals surface area (Å²) in [5, 5.41) is 14.7. The molecule has 2 aromatic heterocycles. The van der Waals surface area contributed by atoms with Crippen LogP contribution in [0.5, 0.6) is 5.75 Å². The summed E-state index contributed by atoms with van der Waals surface area (Å²) in [4.78, 5) is 45.1. The Kier molecular flexibility index (Phi) is 6.48. The Morgan fingerprint density at radius 3 is 2.71 bits per heavy atom. The Balaban J connectivity index is 1.55. The van der Waals surface area contributed by atoms with E-state index in [1.165, 1.54) is 0 Å². The number of fused-ring (bicyclic) bond motifs is 5. The van der Waals surface area contributed by atoms with Gasteiger partial charge in [-0.25, -0.2) is 14.6 Å². The zero-order valence-electron chi connectivity index (χ0n) is 22.3. The molecule has 0 spiro atoms. The topological polar surface area (TPSA) is 123 Å². The van der Waals surface area contributed by atoms with Crippen LogP contribution in [-0.4, -0.2) is 58.3 Å². The Morgan fingerprint density at radius 1 is 1.26 bits per heavy atom. The first-order valence-electron chi connectivity index (χ1n) is 12.8. The number of amides is 1. The normalized spacial score (nSPS) is 18.6. The minimum Gasteiger partial charge on any atom is -0.458 e. The van der Waals surface area contributed by atoms with Gasteiger partial charge in [-0.05, 0) is 63.7 Å². The predicted octanol–water partition coefficient (Wildman–Crippen LogP) is 2.68. The number of likely N-dealkylation sites (N-methyl/N-ethyl adjacent to an activating group) is 1. The Bertz CT molecular complexity index is 1530. The number of aromatic nitrogens is 2. The van der Waals surface area contributed by atoms with Crippen LogP contribution in [-0.2, 0) is 34.7 Å². The van der Waals surface area contributed by atoms with Crippen molar-refractivity contribution in [1.82, 2.24) is 19.8 Å². The maximum Gasteiger partial charge on any atom is 0.412 e. The minimum absolute atomic E-state index is 0.0877. The first-order chi connectivity index (χ1) is 18.1. The van der Waals surface area contributed by atoms with E-state index in [4.69, 9.17) is 14.5 Å². The first-order valence-corrected chi connectivity index (χ1v) is 12.8. The van der Waals surface area contributed by atoms with E-state index in [9.17, 15) is 19.5 Å². The van der Waals surface area contributed by atoms with Crippen molar-refractivity contribution in [2.75, 3.05) is 20.6 Å². The fourth-order valence-corrected chi connectivity index (χ4v) is 5.16. The van der Waals surface area contributed by atoms with E-state index >= 15 is 0 Å². The maximum atomic E-state index is 13.5. The molecule has 2 aliphatic heterocycles. The van der Waals surface area contributed by atoms with E-state index in [0.717, 1.165) is 16.5 Å². The summed E-state index contributed by atoms with van der Waals surface area (Å²) in [6.45, 7) is 6.31. The van der Waals surface area contributed by atoms with Crippen molar-refractivity contribution in [3.8, 4) is 17.1 Å². The molecular weight excluding hydrogens is 488 g/mol. The van der Waals surface area contributed by atoms with Crippen molar-refractivity contribution < 1.29 is 24.2 Å². The number of pyridine rings is 2. The van der Waals surface area contributed by atoms with Gasteiger partial charge in [-0.3, -0.25) is 4.79 Å². The lowest BCUT2D eigenvalue weighted by Crippen LogP contribution is -2.44. The summed E-state index contributed by atoms with van der Waals surface area (Å²) in [6, 6.07) is 7.15. The second-order valence-corrected chi connectivity index (χ2v) is 10.1. The highest BCUT2D eigenvalue weighted by atomic mass is 16.6. The molecule has 10 nitrogen and oxygen atoms in total. The average molecular weight is 521 g/mol. The lowest BCUT2D eigenvalue weighted by Gasteiger charge is -2.31. The van der Waals surface area contributed by atoms with Gasteiger partial charge in [0.2, 0.25) is 0 Å². The molecular formula is C28H32N4O6. The number of hydrogen-bond donors (Lipinski definition) is 2. The zero-order valence-corrected chi connectivity index (χ0v) is 22.3. The molecule has 0 bridgehead atoms. The van der Waals surface area contributed by atoms with Gasteiger partial charge in [-0.2, -0.15) is 0 Å². The van der Waals surface area contributed by atoms with Crippen LogP contribution in [0.15, 0.2) is 29.1 Å². The minimum atomic E-state index is -1.87. The van der Waals surface area contributed by atoms with Crippen molar-refractivity contribution in [3.05, 3.63) is 56.9 Å². The molecule has 0 radical (unpaired) electrons. The van der Waals surface area contributed by atoms with Gasteiger partial charge in [0.15, 0.2) is 5.60 Å². The summed E-state index contributed by atoms with van der Waals surface area (Å²) in [6.07, 6.45) is 0.222. The van der Waals surface area contributed by atoms with Crippen LogP contribution in [0.3, 0.4) is 0 Å². The Hall–Kier alpha value is -3.76. The third-order valence-corrected chi connectivity index (χ3v) is 7.76. The molecule has 5 rings (SSSR count). The van der Waals surface area contributed by atoms with E-state index in [1.807, 2.05) is 32.8 Å². The van der Waals surface area contributed by atoms with Gasteiger partial charge < -0.3 is 29.4 Å².